The van der Waals surface area contributed by atoms with Crippen molar-refractivity contribution in [2.75, 3.05) is 0 Å². The van der Waals surface area contributed by atoms with Gasteiger partial charge in [-0.1, -0.05) is 17.7 Å². The summed E-state index contributed by atoms with van der Waals surface area (Å²) in [6.07, 6.45) is 3.54. The third-order valence-electron chi connectivity index (χ3n) is 4.37. The van der Waals surface area contributed by atoms with Crippen LogP contribution in [0.15, 0.2) is 69.5 Å². The first-order valence-corrected chi connectivity index (χ1v) is 9.89. The summed E-state index contributed by atoms with van der Waals surface area (Å²) in [6, 6.07) is 12.4. The average Bonchev–Trinajstić information content (AvgIpc) is 3.32. The molecule has 0 saturated heterocycles. The number of hydrogen-bond donors (Lipinski definition) is 1. The van der Waals surface area contributed by atoms with Crippen molar-refractivity contribution < 1.29 is 9.21 Å². The molecule has 6 nitrogen and oxygen atoms in total. The number of benzene rings is 1. The lowest BCUT2D eigenvalue weighted by atomic mass is 10.1. The summed E-state index contributed by atoms with van der Waals surface area (Å²) in [4.78, 5) is 29.8. The zero-order valence-electron chi connectivity index (χ0n) is 14.7. The lowest BCUT2D eigenvalue weighted by Crippen LogP contribution is -2.30. The number of pyridine rings is 1. The Balaban J connectivity index is 1.51. The Hall–Kier alpha value is -2.90. The van der Waals surface area contributed by atoms with E-state index in [9.17, 15) is 9.59 Å². The van der Waals surface area contributed by atoms with E-state index in [2.05, 4.69) is 10.3 Å². The number of carbonyl (C=O) groups excluding carboxylic acids is 1. The minimum Gasteiger partial charge on any atom is -0.408 e. The number of halogens is 1. The van der Waals surface area contributed by atoms with Gasteiger partial charge < -0.3 is 9.73 Å². The monoisotopic (exact) mass is 413 g/mol. The van der Waals surface area contributed by atoms with Gasteiger partial charge in [-0.3, -0.25) is 14.3 Å². The second-order valence-electron chi connectivity index (χ2n) is 6.18. The van der Waals surface area contributed by atoms with Crippen LogP contribution in [0, 0.1) is 0 Å². The Morgan fingerprint density at radius 1 is 1.25 bits per heavy atom. The van der Waals surface area contributed by atoms with Crippen molar-refractivity contribution in [3.05, 3.63) is 86.3 Å². The van der Waals surface area contributed by atoms with Crippen LogP contribution in [0.5, 0.6) is 0 Å². The minimum absolute atomic E-state index is 0.143. The molecular weight excluding hydrogens is 398 g/mol. The first-order chi connectivity index (χ1) is 13.6. The van der Waals surface area contributed by atoms with Gasteiger partial charge in [-0.05, 0) is 41.3 Å². The molecule has 1 aromatic carbocycles. The molecule has 28 heavy (non-hydrogen) atoms. The van der Waals surface area contributed by atoms with E-state index in [0.29, 0.717) is 16.1 Å². The number of oxazole rings is 1. The first kappa shape index (κ1) is 18.5. The SMILES string of the molecule is O=C(CCn1c(=O)oc2cc(Cl)ccc21)N[C@@H](c1ccncc1)c1cccs1. The molecule has 1 atom stereocenters. The predicted octanol–water partition coefficient (Wildman–Crippen LogP) is 4.00. The summed E-state index contributed by atoms with van der Waals surface area (Å²) in [6.45, 7) is 0.215. The van der Waals surface area contributed by atoms with Gasteiger partial charge in [0.25, 0.3) is 0 Å². The van der Waals surface area contributed by atoms with Gasteiger partial charge in [0.2, 0.25) is 5.91 Å². The quantitative estimate of drug-likeness (QED) is 0.518. The molecule has 8 heteroatoms. The van der Waals surface area contributed by atoms with Crippen molar-refractivity contribution in [1.29, 1.82) is 0 Å². The van der Waals surface area contributed by atoms with Gasteiger partial charge in [-0.25, -0.2) is 4.79 Å². The highest BCUT2D eigenvalue weighted by atomic mass is 35.5. The molecule has 3 heterocycles. The number of amides is 1. The molecule has 0 saturated carbocycles. The highest BCUT2D eigenvalue weighted by molar-refractivity contribution is 7.10. The number of fused-ring (bicyclic) bond motifs is 1. The molecule has 0 fully saturated rings. The van der Waals surface area contributed by atoms with Crippen molar-refractivity contribution in [2.45, 2.75) is 19.0 Å². The molecule has 1 amide bonds. The van der Waals surface area contributed by atoms with E-state index >= 15 is 0 Å². The summed E-state index contributed by atoms with van der Waals surface area (Å²) in [5.74, 6) is -0.667. The van der Waals surface area contributed by atoms with Gasteiger partial charge in [0.05, 0.1) is 11.6 Å². The third kappa shape index (κ3) is 3.85. The summed E-state index contributed by atoms with van der Waals surface area (Å²) in [5.41, 5.74) is 1.98. The third-order valence-corrected chi connectivity index (χ3v) is 5.54. The predicted molar refractivity (Wildman–Crippen MR) is 109 cm³/mol. The lowest BCUT2D eigenvalue weighted by Gasteiger charge is -2.18. The fraction of sp³-hybridized carbons (Fsp3) is 0.150. The van der Waals surface area contributed by atoms with E-state index < -0.39 is 5.76 Å². The van der Waals surface area contributed by atoms with Crippen LogP contribution in [-0.4, -0.2) is 15.5 Å². The van der Waals surface area contributed by atoms with Crippen molar-refractivity contribution in [3.63, 3.8) is 0 Å². The summed E-state index contributed by atoms with van der Waals surface area (Å²) in [7, 11) is 0. The number of carbonyl (C=O) groups is 1. The number of nitrogens with one attached hydrogen (secondary N) is 1. The van der Waals surface area contributed by atoms with Crippen LogP contribution >= 0.6 is 22.9 Å². The smallest absolute Gasteiger partial charge is 0.408 e. The van der Waals surface area contributed by atoms with Gasteiger partial charge in [-0.15, -0.1) is 11.3 Å². The zero-order valence-corrected chi connectivity index (χ0v) is 16.2. The molecule has 4 rings (SSSR count). The molecule has 0 aliphatic heterocycles. The lowest BCUT2D eigenvalue weighted by molar-refractivity contribution is -0.121. The molecule has 3 aromatic heterocycles. The van der Waals surface area contributed by atoms with Crippen molar-refractivity contribution in [1.82, 2.24) is 14.9 Å². The van der Waals surface area contributed by atoms with E-state index in [1.807, 2.05) is 29.6 Å². The Morgan fingerprint density at radius 3 is 2.82 bits per heavy atom. The standard InChI is InChI=1S/C20H16ClN3O3S/c21-14-3-4-15-16(12-14)27-20(26)24(15)10-7-18(25)23-19(17-2-1-11-28-17)13-5-8-22-9-6-13/h1-6,8-9,11-12,19H,7,10H2,(H,23,25)/t19-/m0/s1. The molecule has 4 aromatic rings. The largest absolute Gasteiger partial charge is 0.419 e. The van der Waals surface area contributed by atoms with Crippen LogP contribution in [0.1, 0.15) is 22.9 Å². The maximum Gasteiger partial charge on any atom is 0.419 e. The molecular formula is C20H16ClN3O3S. The van der Waals surface area contributed by atoms with Crippen LogP contribution in [0.3, 0.4) is 0 Å². The molecule has 1 N–H and O–H groups in total. The summed E-state index contributed by atoms with van der Waals surface area (Å²) in [5, 5.41) is 5.51. The maximum atomic E-state index is 12.6. The van der Waals surface area contributed by atoms with Gasteiger partial charge in [0.1, 0.15) is 0 Å². The molecule has 0 aliphatic rings. The Morgan fingerprint density at radius 2 is 2.07 bits per heavy atom. The van der Waals surface area contributed by atoms with Crippen molar-refractivity contribution in [2.24, 2.45) is 0 Å². The number of aryl methyl sites for hydroxylation is 1. The molecule has 0 bridgehead atoms. The van der Waals surface area contributed by atoms with E-state index in [1.54, 1.807) is 41.9 Å². The maximum absolute atomic E-state index is 12.6. The van der Waals surface area contributed by atoms with Crippen LogP contribution in [0.2, 0.25) is 5.02 Å². The Kier molecular flexibility index (Phi) is 5.27. The Labute approximate surface area is 169 Å². The minimum atomic E-state index is -0.506. The second kappa shape index (κ2) is 8.00. The van der Waals surface area contributed by atoms with E-state index in [1.165, 1.54) is 4.57 Å². The van der Waals surface area contributed by atoms with Gasteiger partial charge in [0.15, 0.2) is 5.58 Å². The number of nitrogens with zero attached hydrogens (tertiary/aromatic N) is 2. The number of thiophene rings is 1. The second-order valence-corrected chi connectivity index (χ2v) is 7.59. The number of rotatable bonds is 6. The highest BCUT2D eigenvalue weighted by Crippen LogP contribution is 2.26. The van der Waals surface area contributed by atoms with Crippen LogP contribution < -0.4 is 11.1 Å². The van der Waals surface area contributed by atoms with Crippen molar-refractivity contribution >= 4 is 39.9 Å². The Bertz CT molecular complexity index is 1150. The van der Waals surface area contributed by atoms with E-state index in [-0.39, 0.29) is 24.9 Å². The normalized spacial score (nSPS) is 12.2. The number of hydrogen-bond acceptors (Lipinski definition) is 5. The fourth-order valence-electron chi connectivity index (χ4n) is 3.03. The van der Waals surface area contributed by atoms with Gasteiger partial charge >= 0.3 is 5.76 Å². The molecule has 0 spiro atoms. The van der Waals surface area contributed by atoms with Crippen LogP contribution in [0.4, 0.5) is 0 Å². The topological polar surface area (TPSA) is 77.1 Å². The van der Waals surface area contributed by atoms with Gasteiger partial charge in [-0.2, -0.15) is 0 Å². The number of aromatic nitrogens is 2. The summed E-state index contributed by atoms with van der Waals surface area (Å²) >= 11 is 7.50. The van der Waals surface area contributed by atoms with Crippen LogP contribution in [-0.2, 0) is 11.3 Å². The van der Waals surface area contributed by atoms with Crippen molar-refractivity contribution in [3.8, 4) is 0 Å². The molecule has 0 unspecified atom stereocenters. The molecule has 0 aliphatic carbocycles. The van der Waals surface area contributed by atoms with Crippen LogP contribution in [0.25, 0.3) is 11.1 Å². The van der Waals surface area contributed by atoms with E-state index in [4.69, 9.17) is 16.0 Å². The molecule has 0 radical (unpaired) electrons. The van der Waals surface area contributed by atoms with Gasteiger partial charge in [0, 0.05) is 41.3 Å². The zero-order chi connectivity index (χ0) is 19.5. The average molecular weight is 414 g/mol. The molecule has 142 valence electrons. The fourth-order valence-corrected chi connectivity index (χ4v) is 3.99. The summed E-state index contributed by atoms with van der Waals surface area (Å²) < 4.78 is 6.65. The van der Waals surface area contributed by atoms with E-state index in [0.717, 1.165) is 10.4 Å². The first-order valence-electron chi connectivity index (χ1n) is 8.63. The highest BCUT2D eigenvalue weighted by Gasteiger charge is 2.18.